The van der Waals surface area contributed by atoms with Gasteiger partial charge in [-0.3, -0.25) is 9.97 Å². The van der Waals surface area contributed by atoms with Gasteiger partial charge < -0.3 is 37.8 Å². The van der Waals surface area contributed by atoms with Crippen molar-refractivity contribution in [2.75, 3.05) is 0 Å². The standard InChI is InChI=1S/C13H20BNO2.C12H24B2O4.C7H8BrN.C2H4O2.K/c1-9-7-8-11(10(2)15-9)14-16-12(3,4)13(5,6)17-14;1-9(2)10(3,4)16-13(15-9)14-17-11(5,6)12(7,8)18-14;1-5-3-4-7(8)6(2)9-5;1-2(3)4;/h7-8H,1-6H3;1-8H3;3-4H,1-2H3;1H3,(H,3,4);/q;;;;+1/p-1. The van der Waals surface area contributed by atoms with Gasteiger partial charge in [-0.05, 0) is 152 Å². The second-order valence-corrected chi connectivity index (χ2v) is 16.3. The van der Waals surface area contributed by atoms with Crippen molar-refractivity contribution in [3.63, 3.8) is 0 Å². The molecule has 3 aliphatic heterocycles. The molecule has 3 saturated heterocycles. The van der Waals surface area contributed by atoms with E-state index in [2.05, 4.69) is 53.6 Å². The Labute approximate surface area is 347 Å². The zero-order chi connectivity index (χ0) is 37.3. The number of rotatable bonds is 2. The number of carbonyl (C=O) groups is 1. The molecular formula is C34H55B3BrKN2O8. The van der Waals surface area contributed by atoms with Crippen LogP contribution in [0, 0.1) is 27.7 Å². The van der Waals surface area contributed by atoms with E-state index >= 15 is 0 Å². The van der Waals surface area contributed by atoms with E-state index in [9.17, 15) is 0 Å². The Balaban J connectivity index is 0.000000359. The summed E-state index contributed by atoms with van der Waals surface area (Å²) in [5.41, 5.74) is 3.10. The number of pyridine rings is 2. The third-order valence-corrected chi connectivity index (χ3v) is 10.5. The van der Waals surface area contributed by atoms with Crippen LogP contribution in [0.1, 0.15) is 113 Å². The average Bonchev–Trinajstić information content (AvgIpc) is 3.35. The van der Waals surface area contributed by atoms with Gasteiger partial charge in [0.1, 0.15) is 0 Å². The molecule has 0 amide bonds. The van der Waals surface area contributed by atoms with Gasteiger partial charge in [-0.1, -0.05) is 6.07 Å². The molecule has 0 N–H and O–H groups in total. The third kappa shape index (κ3) is 12.2. The van der Waals surface area contributed by atoms with Crippen LogP contribution in [0.2, 0.25) is 0 Å². The molecule has 266 valence electrons. The molecule has 5 rings (SSSR count). The quantitative estimate of drug-likeness (QED) is 0.422. The molecule has 0 atom stereocenters. The molecular weight excluding hydrogens is 716 g/mol. The van der Waals surface area contributed by atoms with Crippen molar-refractivity contribution in [3.05, 3.63) is 51.5 Å². The molecule has 0 aliphatic carbocycles. The Morgan fingerprint density at radius 1 is 0.592 bits per heavy atom. The van der Waals surface area contributed by atoms with Gasteiger partial charge in [-0.15, -0.1) is 0 Å². The molecule has 0 bridgehead atoms. The molecule has 2 aromatic heterocycles. The minimum atomic E-state index is -1.08. The number of aliphatic carboxylic acids is 1. The summed E-state index contributed by atoms with van der Waals surface area (Å²) >= 11 is 3.37. The third-order valence-electron chi connectivity index (χ3n) is 9.70. The number of carboxylic acids is 1. The minimum Gasteiger partial charge on any atom is -0.550 e. The first-order chi connectivity index (χ1) is 21.5. The number of aryl methyl sites for hydroxylation is 4. The van der Waals surface area contributed by atoms with Gasteiger partial charge >= 0.3 is 72.5 Å². The fraction of sp³-hybridized carbons (Fsp3) is 0.676. The van der Waals surface area contributed by atoms with Crippen molar-refractivity contribution in [2.45, 2.75) is 151 Å². The maximum Gasteiger partial charge on any atom is 1.00 e. The Hall–Kier alpha value is -0.159. The van der Waals surface area contributed by atoms with Crippen LogP contribution in [-0.2, 0) is 32.7 Å². The second kappa shape index (κ2) is 17.3. The Kier molecular flexibility index (Phi) is 16.6. The van der Waals surface area contributed by atoms with Crippen molar-refractivity contribution < 1.29 is 89.2 Å². The van der Waals surface area contributed by atoms with Gasteiger partial charge in [-0.25, -0.2) is 0 Å². The summed E-state index contributed by atoms with van der Waals surface area (Å²) in [6.07, 6.45) is 0. The van der Waals surface area contributed by atoms with Gasteiger partial charge in [-0.2, -0.15) is 0 Å². The fourth-order valence-corrected chi connectivity index (χ4v) is 4.81. The van der Waals surface area contributed by atoms with Gasteiger partial charge in [0.15, 0.2) is 0 Å². The summed E-state index contributed by atoms with van der Waals surface area (Å²) in [4.78, 5) is 17.6. The molecule has 0 radical (unpaired) electrons. The molecule has 49 heavy (non-hydrogen) atoms. The van der Waals surface area contributed by atoms with Crippen molar-refractivity contribution in [1.82, 2.24) is 9.97 Å². The van der Waals surface area contributed by atoms with Gasteiger partial charge in [0.05, 0.1) is 39.3 Å². The smallest absolute Gasteiger partial charge is 0.550 e. The minimum absolute atomic E-state index is 0. The zero-order valence-electron chi connectivity index (χ0n) is 33.1. The van der Waals surface area contributed by atoms with Crippen molar-refractivity contribution in [1.29, 1.82) is 0 Å². The molecule has 3 fully saturated rings. The van der Waals surface area contributed by atoms with Gasteiger partial charge in [0.25, 0.3) is 0 Å². The molecule has 5 heterocycles. The van der Waals surface area contributed by atoms with Crippen LogP contribution in [0.5, 0.6) is 0 Å². The van der Waals surface area contributed by atoms with E-state index in [4.69, 9.17) is 37.8 Å². The van der Waals surface area contributed by atoms with Gasteiger partial charge in [0, 0.05) is 33.0 Å². The molecule has 0 aromatic carbocycles. The van der Waals surface area contributed by atoms with Crippen molar-refractivity contribution >= 4 is 48.5 Å². The summed E-state index contributed by atoms with van der Waals surface area (Å²) in [6.45, 7) is 33.4. The monoisotopic (exact) mass is 770 g/mol. The van der Waals surface area contributed by atoms with Gasteiger partial charge in [0.2, 0.25) is 0 Å². The van der Waals surface area contributed by atoms with E-state index in [-0.39, 0.29) is 92.1 Å². The molecule has 0 unspecified atom stereocenters. The van der Waals surface area contributed by atoms with E-state index in [1.54, 1.807) is 0 Å². The first-order valence-electron chi connectivity index (χ1n) is 16.3. The number of nitrogens with zero attached hydrogens (tertiary/aromatic N) is 2. The average molecular weight is 771 g/mol. The van der Waals surface area contributed by atoms with Crippen LogP contribution in [0.15, 0.2) is 28.7 Å². The summed E-state index contributed by atoms with van der Waals surface area (Å²) in [5, 5.41) is 8.89. The van der Waals surface area contributed by atoms with Crippen LogP contribution < -0.4 is 62.0 Å². The van der Waals surface area contributed by atoms with E-state index in [1.165, 1.54) is 0 Å². The van der Waals surface area contributed by atoms with Crippen LogP contribution >= 0.6 is 15.9 Å². The van der Waals surface area contributed by atoms with Crippen LogP contribution in [0.3, 0.4) is 0 Å². The van der Waals surface area contributed by atoms with Crippen molar-refractivity contribution in [3.8, 4) is 0 Å². The molecule has 0 spiro atoms. The Bertz CT molecular complexity index is 1360. The van der Waals surface area contributed by atoms with E-state index in [0.29, 0.717) is 0 Å². The predicted molar refractivity (Wildman–Crippen MR) is 194 cm³/mol. The van der Waals surface area contributed by atoms with Crippen LogP contribution in [-0.4, -0.2) is 70.7 Å². The zero-order valence-corrected chi connectivity index (χ0v) is 37.8. The summed E-state index contributed by atoms with van der Waals surface area (Å²) in [6, 6.07) is 8.03. The number of hydrogen-bond donors (Lipinski definition) is 0. The first-order valence-corrected chi connectivity index (χ1v) is 17.1. The van der Waals surface area contributed by atoms with Crippen LogP contribution in [0.25, 0.3) is 0 Å². The number of halogens is 1. The Morgan fingerprint density at radius 2 is 0.878 bits per heavy atom. The number of carboxylic acid groups (broad SMARTS) is 1. The van der Waals surface area contributed by atoms with Crippen molar-refractivity contribution in [2.24, 2.45) is 0 Å². The largest absolute Gasteiger partial charge is 1.00 e. The number of aromatic nitrogens is 2. The topological polar surface area (TPSA) is 121 Å². The van der Waals surface area contributed by atoms with E-state index in [0.717, 1.165) is 39.6 Å². The summed E-state index contributed by atoms with van der Waals surface area (Å²) in [7, 11) is -1.26. The SMILES string of the molecule is CC(=O)[O-].CC1(C)OB(B2OC(C)(C)C(C)(C)O2)OC1(C)C.Cc1ccc(B2OC(C)(C)C(C)(C)O2)c(C)n1.Cc1ccc(Br)c(C)n1.[K+]. The van der Waals surface area contributed by atoms with E-state index < -0.39 is 20.0 Å². The second-order valence-electron chi connectivity index (χ2n) is 15.5. The predicted octanol–water partition coefficient (Wildman–Crippen LogP) is 2.47. The number of carbonyl (C=O) groups excluding carboxylic acids is 1. The molecule has 0 saturated carbocycles. The first kappa shape index (κ1) is 46.9. The maximum absolute atomic E-state index is 8.89. The maximum atomic E-state index is 8.89. The summed E-state index contributed by atoms with van der Waals surface area (Å²) in [5.74, 6) is -1.08. The summed E-state index contributed by atoms with van der Waals surface area (Å²) < 4.78 is 36.9. The van der Waals surface area contributed by atoms with Crippen LogP contribution in [0.4, 0.5) is 0 Å². The number of hydrogen-bond acceptors (Lipinski definition) is 10. The molecule has 15 heteroatoms. The Morgan fingerprint density at radius 3 is 1.16 bits per heavy atom. The molecule has 2 aromatic rings. The normalized spacial score (nSPS) is 21.6. The molecule has 10 nitrogen and oxygen atoms in total. The fourth-order valence-electron chi connectivity index (χ4n) is 4.59. The molecule has 3 aliphatic rings. The van der Waals surface area contributed by atoms with E-state index in [1.807, 2.05) is 107 Å².